The van der Waals surface area contributed by atoms with Crippen molar-refractivity contribution in [3.8, 4) is 0 Å². The second-order valence-electron chi connectivity index (χ2n) is 6.00. The summed E-state index contributed by atoms with van der Waals surface area (Å²) < 4.78 is 5.19. The number of unbranched alkanes of at least 4 members (excludes halogenated alkanes) is 7. The van der Waals surface area contributed by atoms with Gasteiger partial charge in [0.05, 0.1) is 6.61 Å². The summed E-state index contributed by atoms with van der Waals surface area (Å²) in [5, 5.41) is 2.63. The fourth-order valence-electron chi connectivity index (χ4n) is 2.52. The average molecular weight is 309 g/mol. The monoisotopic (exact) mass is 309 g/mol. The van der Waals surface area contributed by atoms with Crippen molar-refractivity contribution in [1.82, 2.24) is 5.32 Å². The summed E-state index contributed by atoms with van der Waals surface area (Å²) in [6.07, 6.45) is 16.3. The van der Waals surface area contributed by atoms with E-state index < -0.39 is 6.04 Å². The molecule has 0 radical (unpaired) electrons. The normalized spacial score (nSPS) is 17.9. The number of amides is 1. The Morgan fingerprint density at radius 2 is 1.82 bits per heavy atom. The van der Waals surface area contributed by atoms with Crippen LogP contribution >= 0.6 is 0 Å². The molecule has 0 aromatic carbocycles. The first-order valence-corrected chi connectivity index (χ1v) is 8.85. The van der Waals surface area contributed by atoms with Gasteiger partial charge in [-0.05, 0) is 32.1 Å². The molecule has 1 rings (SSSR count). The fourth-order valence-corrected chi connectivity index (χ4v) is 2.52. The number of hydrogen-bond acceptors (Lipinski definition) is 3. The molecule has 22 heavy (non-hydrogen) atoms. The van der Waals surface area contributed by atoms with E-state index in [0.29, 0.717) is 19.4 Å². The molecule has 0 spiro atoms. The molecule has 4 nitrogen and oxygen atoms in total. The predicted octanol–water partition coefficient (Wildman–Crippen LogP) is 3.90. The molecule has 0 unspecified atom stereocenters. The van der Waals surface area contributed by atoms with E-state index in [0.717, 1.165) is 12.8 Å². The molecule has 1 aliphatic heterocycles. The Kier molecular flexibility index (Phi) is 10.4. The van der Waals surface area contributed by atoms with E-state index in [9.17, 15) is 9.59 Å². The van der Waals surface area contributed by atoms with Gasteiger partial charge in [0, 0.05) is 6.42 Å². The van der Waals surface area contributed by atoms with Gasteiger partial charge in [-0.15, -0.1) is 0 Å². The highest BCUT2D eigenvalue weighted by Gasteiger charge is 2.28. The van der Waals surface area contributed by atoms with Crippen LogP contribution in [0.3, 0.4) is 0 Å². The molecule has 0 aromatic heterocycles. The van der Waals surface area contributed by atoms with Crippen molar-refractivity contribution >= 4 is 11.9 Å². The number of carbonyl (C=O) groups excluding carboxylic acids is 2. The highest BCUT2D eigenvalue weighted by atomic mass is 16.5. The zero-order chi connectivity index (χ0) is 16.0. The third-order valence-corrected chi connectivity index (χ3v) is 3.93. The summed E-state index contributed by atoms with van der Waals surface area (Å²) in [6.45, 7) is 2.69. The smallest absolute Gasteiger partial charge is 0.328 e. The molecule has 4 heteroatoms. The lowest BCUT2D eigenvalue weighted by molar-refractivity contribution is -0.146. The standard InChI is InChI=1S/C18H31NO3/c1-2-3-4-5-6-7-8-9-10-11-12-15-22-18(21)16-13-14-17(20)19-16/h5-6,16H,2-4,7-15H2,1H3,(H,19,20)/b6-5+/t16-/m0/s1. The first-order valence-electron chi connectivity index (χ1n) is 8.85. The fraction of sp³-hybridized carbons (Fsp3) is 0.778. The lowest BCUT2D eigenvalue weighted by atomic mass is 10.1. The van der Waals surface area contributed by atoms with Crippen LogP contribution < -0.4 is 5.32 Å². The summed E-state index contributed by atoms with van der Waals surface area (Å²) in [4.78, 5) is 22.6. The predicted molar refractivity (Wildman–Crippen MR) is 88.5 cm³/mol. The molecule has 1 saturated heterocycles. The van der Waals surface area contributed by atoms with Gasteiger partial charge in [-0.25, -0.2) is 4.79 Å². The van der Waals surface area contributed by atoms with Crippen molar-refractivity contribution in [3.63, 3.8) is 0 Å². The van der Waals surface area contributed by atoms with E-state index in [2.05, 4.69) is 24.4 Å². The minimum Gasteiger partial charge on any atom is -0.464 e. The average Bonchev–Trinajstić information content (AvgIpc) is 2.95. The topological polar surface area (TPSA) is 55.4 Å². The number of allylic oxidation sites excluding steroid dienone is 2. The summed E-state index contributed by atoms with van der Waals surface area (Å²) in [5.74, 6) is -0.325. The van der Waals surface area contributed by atoms with Crippen molar-refractivity contribution in [3.05, 3.63) is 12.2 Å². The Bertz CT molecular complexity index is 352. The van der Waals surface area contributed by atoms with Gasteiger partial charge in [-0.1, -0.05) is 51.2 Å². The van der Waals surface area contributed by atoms with Crippen LogP contribution in [0, 0.1) is 0 Å². The minimum absolute atomic E-state index is 0.0503. The first-order chi connectivity index (χ1) is 10.7. The maximum absolute atomic E-state index is 11.6. The number of carbonyl (C=O) groups is 2. The second-order valence-corrected chi connectivity index (χ2v) is 6.00. The molecule has 1 atom stereocenters. The van der Waals surface area contributed by atoms with Crippen LogP contribution in [-0.4, -0.2) is 24.5 Å². The van der Waals surface area contributed by atoms with Gasteiger partial charge < -0.3 is 10.1 Å². The molecule has 1 N–H and O–H groups in total. The number of nitrogens with one attached hydrogen (secondary N) is 1. The summed E-state index contributed by atoms with van der Waals surface area (Å²) >= 11 is 0. The molecule has 1 fully saturated rings. The molecule has 0 saturated carbocycles. The van der Waals surface area contributed by atoms with Crippen LogP contribution in [0.15, 0.2) is 12.2 Å². The van der Waals surface area contributed by atoms with E-state index in [1.807, 2.05) is 0 Å². The number of hydrogen-bond donors (Lipinski definition) is 1. The Labute approximate surface area is 134 Å². The summed E-state index contributed by atoms with van der Waals surface area (Å²) in [6, 6.07) is -0.410. The lowest BCUT2D eigenvalue weighted by Crippen LogP contribution is -2.34. The maximum Gasteiger partial charge on any atom is 0.328 e. The van der Waals surface area contributed by atoms with Crippen LogP contribution in [0.5, 0.6) is 0 Å². The van der Waals surface area contributed by atoms with E-state index in [-0.39, 0.29) is 11.9 Å². The Hall–Kier alpha value is -1.32. The lowest BCUT2D eigenvalue weighted by Gasteiger charge is -2.09. The van der Waals surface area contributed by atoms with Gasteiger partial charge in [0.1, 0.15) is 6.04 Å². The molecule has 1 heterocycles. The third kappa shape index (κ3) is 8.85. The van der Waals surface area contributed by atoms with E-state index in [1.165, 1.54) is 44.9 Å². The van der Waals surface area contributed by atoms with E-state index in [1.54, 1.807) is 0 Å². The molecular formula is C18H31NO3. The third-order valence-electron chi connectivity index (χ3n) is 3.93. The largest absolute Gasteiger partial charge is 0.464 e. The molecule has 126 valence electrons. The summed E-state index contributed by atoms with van der Waals surface area (Å²) in [7, 11) is 0. The van der Waals surface area contributed by atoms with E-state index >= 15 is 0 Å². The zero-order valence-electron chi connectivity index (χ0n) is 13.9. The first kappa shape index (κ1) is 18.7. The van der Waals surface area contributed by atoms with Gasteiger partial charge >= 0.3 is 5.97 Å². The van der Waals surface area contributed by atoms with Crippen molar-refractivity contribution in [2.24, 2.45) is 0 Å². The van der Waals surface area contributed by atoms with Crippen molar-refractivity contribution in [2.45, 2.75) is 83.6 Å². The van der Waals surface area contributed by atoms with E-state index in [4.69, 9.17) is 4.74 Å². The minimum atomic E-state index is -0.410. The highest BCUT2D eigenvalue weighted by Crippen LogP contribution is 2.10. The van der Waals surface area contributed by atoms with Gasteiger partial charge in [0.25, 0.3) is 0 Å². The van der Waals surface area contributed by atoms with Crippen LogP contribution in [-0.2, 0) is 14.3 Å². The SMILES string of the molecule is CCCC/C=C/CCCCCCCOC(=O)[C@@H]1CCC(=O)N1. The van der Waals surface area contributed by atoms with Crippen LogP contribution in [0.4, 0.5) is 0 Å². The van der Waals surface area contributed by atoms with Crippen LogP contribution in [0.2, 0.25) is 0 Å². The molecule has 0 aliphatic carbocycles. The number of rotatable bonds is 12. The Morgan fingerprint density at radius 1 is 1.14 bits per heavy atom. The van der Waals surface area contributed by atoms with Crippen molar-refractivity contribution in [1.29, 1.82) is 0 Å². The molecule has 0 aromatic rings. The van der Waals surface area contributed by atoms with Crippen molar-refractivity contribution < 1.29 is 14.3 Å². The van der Waals surface area contributed by atoms with Gasteiger partial charge in [-0.3, -0.25) is 4.79 Å². The Morgan fingerprint density at radius 3 is 2.50 bits per heavy atom. The molecular weight excluding hydrogens is 278 g/mol. The van der Waals surface area contributed by atoms with Gasteiger partial charge in [-0.2, -0.15) is 0 Å². The zero-order valence-corrected chi connectivity index (χ0v) is 13.9. The maximum atomic E-state index is 11.6. The molecule has 1 amide bonds. The van der Waals surface area contributed by atoms with Gasteiger partial charge in [0.2, 0.25) is 5.91 Å². The van der Waals surface area contributed by atoms with Crippen LogP contribution in [0.25, 0.3) is 0 Å². The van der Waals surface area contributed by atoms with Crippen LogP contribution in [0.1, 0.15) is 77.6 Å². The second kappa shape index (κ2) is 12.2. The summed E-state index contributed by atoms with van der Waals surface area (Å²) in [5.41, 5.74) is 0. The number of esters is 1. The van der Waals surface area contributed by atoms with Crippen molar-refractivity contribution in [2.75, 3.05) is 6.61 Å². The quantitative estimate of drug-likeness (QED) is 0.338. The number of ether oxygens (including phenoxy) is 1. The molecule has 0 bridgehead atoms. The molecule has 1 aliphatic rings. The highest BCUT2D eigenvalue weighted by molar-refractivity contribution is 5.87. The van der Waals surface area contributed by atoms with Gasteiger partial charge in [0.15, 0.2) is 0 Å². The Balaban J connectivity index is 1.84.